The van der Waals surface area contributed by atoms with Gasteiger partial charge in [0.05, 0.1) is 6.10 Å². The molecule has 8 heteroatoms. The number of nitrogens with one attached hydrogen (secondary N) is 2. The summed E-state index contributed by atoms with van der Waals surface area (Å²) in [5, 5.41) is 5.37. The van der Waals surface area contributed by atoms with E-state index in [4.69, 9.17) is 16.2 Å². The van der Waals surface area contributed by atoms with Crippen molar-refractivity contribution in [1.82, 2.24) is 5.32 Å². The Labute approximate surface area is 154 Å². The molecule has 0 aromatic heterocycles. The quantitative estimate of drug-likeness (QED) is 0.609. The number of benzene rings is 1. The molecule has 0 spiro atoms. The summed E-state index contributed by atoms with van der Waals surface area (Å²) in [6.45, 7) is 6.83. The van der Waals surface area contributed by atoms with Crippen molar-refractivity contribution in [3.63, 3.8) is 0 Å². The molecule has 1 saturated carbocycles. The first-order valence-corrected chi connectivity index (χ1v) is 8.05. The Balaban J connectivity index is 0.00000312. The fourth-order valence-electron chi connectivity index (χ4n) is 3.01. The Morgan fingerprint density at radius 3 is 2.36 bits per heavy atom. The van der Waals surface area contributed by atoms with Crippen LogP contribution in [0.15, 0.2) is 24.3 Å². The maximum atomic E-state index is 12.5. The van der Waals surface area contributed by atoms with Gasteiger partial charge in [-0.05, 0) is 24.6 Å². The summed E-state index contributed by atoms with van der Waals surface area (Å²) in [5.41, 5.74) is 11.6. The second kappa shape index (κ2) is 8.03. The largest absolute Gasteiger partial charge is 0.378 e. The Kier molecular flexibility index (Phi) is 6.82. The third-order valence-corrected chi connectivity index (χ3v) is 4.91. The molecule has 7 nitrogen and oxygen atoms in total. The molecule has 1 aromatic carbocycles. The average molecular weight is 371 g/mol. The molecule has 3 amide bonds. The van der Waals surface area contributed by atoms with Gasteiger partial charge in [0.25, 0.3) is 0 Å². The van der Waals surface area contributed by atoms with Crippen LogP contribution in [0.5, 0.6) is 0 Å². The second-order valence-corrected chi connectivity index (χ2v) is 6.71. The molecule has 1 fully saturated rings. The molecule has 2 rings (SSSR count). The van der Waals surface area contributed by atoms with Gasteiger partial charge in [-0.2, -0.15) is 0 Å². The van der Waals surface area contributed by atoms with E-state index in [1.54, 1.807) is 12.1 Å². The number of hydrogen-bond acceptors (Lipinski definition) is 4. The maximum Gasteiger partial charge on any atom is 0.316 e. The number of nitrogens with two attached hydrogens (primary N) is 2. The van der Waals surface area contributed by atoms with Crippen LogP contribution in [-0.4, -0.2) is 30.2 Å². The average Bonchev–Trinajstić information content (AvgIpc) is 2.53. The predicted molar refractivity (Wildman–Crippen MR) is 99.5 cm³/mol. The molecule has 1 aliphatic rings. The molecule has 2 atom stereocenters. The fourth-order valence-corrected chi connectivity index (χ4v) is 3.01. The van der Waals surface area contributed by atoms with E-state index in [2.05, 4.69) is 10.6 Å². The van der Waals surface area contributed by atoms with Crippen LogP contribution in [0.3, 0.4) is 0 Å². The van der Waals surface area contributed by atoms with Gasteiger partial charge < -0.3 is 26.8 Å². The summed E-state index contributed by atoms with van der Waals surface area (Å²) < 4.78 is 5.64. The van der Waals surface area contributed by atoms with E-state index in [1.165, 1.54) is 0 Å². The van der Waals surface area contributed by atoms with Crippen LogP contribution in [0, 0.1) is 5.41 Å². The van der Waals surface area contributed by atoms with Gasteiger partial charge in [0.15, 0.2) is 0 Å². The first kappa shape index (κ1) is 21.2. The number of hydrogen-bond donors (Lipinski definition) is 4. The number of rotatable bonds is 6. The van der Waals surface area contributed by atoms with Crippen molar-refractivity contribution in [1.29, 1.82) is 0 Å². The SMILES string of the molecule is CCOC1CC(N)(C(=O)NCc2ccc(NC(N)=O)cc2)C1(C)C.Cl. The number of carbonyl (C=O) groups excluding carboxylic acids is 2. The number of halogens is 1. The number of urea groups is 1. The molecule has 25 heavy (non-hydrogen) atoms. The lowest BCUT2D eigenvalue weighted by Gasteiger charge is -2.57. The van der Waals surface area contributed by atoms with Crippen LogP contribution in [-0.2, 0) is 16.1 Å². The molecule has 1 aromatic rings. The normalized spacial score (nSPS) is 23.8. The Hall–Kier alpha value is -1.83. The van der Waals surface area contributed by atoms with Gasteiger partial charge in [-0.3, -0.25) is 4.79 Å². The molecule has 0 saturated heterocycles. The van der Waals surface area contributed by atoms with Crippen LogP contribution in [0.25, 0.3) is 0 Å². The highest BCUT2D eigenvalue weighted by molar-refractivity contribution is 5.89. The van der Waals surface area contributed by atoms with Crippen LogP contribution < -0.4 is 22.1 Å². The summed E-state index contributed by atoms with van der Waals surface area (Å²) in [6, 6.07) is 6.45. The molecule has 0 heterocycles. The van der Waals surface area contributed by atoms with Crippen LogP contribution in [0.1, 0.15) is 32.8 Å². The Morgan fingerprint density at radius 2 is 1.88 bits per heavy atom. The number of carbonyl (C=O) groups is 2. The monoisotopic (exact) mass is 370 g/mol. The highest BCUT2D eigenvalue weighted by Crippen LogP contribution is 2.49. The number of amides is 3. The lowest BCUT2D eigenvalue weighted by molar-refractivity contribution is -0.170. The molecule has 0 bridgehead atoms. The Bertz CT molecular complexity index is 621. The molecular formula is C17H27ClN4O3. The van der Waals surface area contributed by atoms with Crippen molar-refractivity contribution in [3.05, 3.63) is 29.8 Å². The van der Waals surface area contributed by atoms with Gasteiger partial charge in [0.2, 0.25) is 5.91 Å². The van der Waals surface area contributed by atoms with E-state index in [0.29, 0.717) is 25.3 Å². The van der Waals surface area contributed by atoms with Crippen LogP contribution >= 0.6 is 12.4 Å². The van der Waals surface area contributed by atoms with Crippen molar-refractivity contribution in [2.45, 2.75) is 45.4 Å². The van der Waals surface area contributed by atoms with E-state index in [0.717, 1.165) is 5.56 Å². The van der Waals surface area contributed by atoms with Crippen molar-refractivity contribution >= 4 is 30.0 Å². The van der Waals surface area contributed by atoms with Gasteiger partial charge in [-0.25, -0.2) is 4.79 Å². The minimum absolute atomic E-state index is 0. The maximum absolute atomic E-state index is 12.5. The highest BCUT2D eigenvalue weighted by atomic mass is 35.5. The molecule has 1 aliphatic carbocycles. The van der Waals surface area contributed by atoms with Gasteiger partial charge >= 0.3 is 6.03 Å². The second-order valence-electron chi connectivity index (χ2n) is 6.71. The summed E-state index contributed by atoms with van der Waals surface area (Å²) >= 11 is 0. The van der Waals surface area contributed by atoms with E-state index in [-0.39, 0.29) is 24.4 Å². The van der Waals surface area contributed by atoms with Gasteiger partial charge in [0.1, 0.15) is 5.54 Å². The van der Waals surface area contributed by atoms with Crippen molar-refractivity contribution < 1.29 is 14.3 Å². The van der Waals surface area contributed by atoms with Crippen LogP contribution in [0.4, 0.5) is 10.5 Å². The van der Waals surface area contributed by atoms with Gasteiger partial charge in [-0.15, -0.1) is 12.4 Å². The first-order chi connectivity index (χ1) is 11.2. The zero-order valence-corrected chi connectivity index (χ0v) is 15.6. The third-order valence-electron chi connectivity index (χ3n) is 4.91. The number of anilines is 1. The molecule has 0 radical (unpaired) electrons. The molecule has 0 aliphatic heterocycles. The standard InChI is InChI=1S/C17H26N4O3.ClH/c1-4-24-13-9-17(19,16(13,2)3)14(22)20-10-11-5-7-12(8-6-11)21-15(18)23;/h5-8,13H,4,9-10,19H2,1-3H3,(H,20,22)(H3,18,21,23);1H. The summed E-state index contributed by atoms with van der Waals surface area (Å²) in [7, 11) is 0. The van der Waals surface area contributed by atoms with E-state index in [1.807, 2.05) is 32.9 Å². The molecular weight excluding hydrogens is 344 g/mol. The van der Waals surface area contributed by atoms with Crippen molar-refractivity contribution in [3.8, 4) is 0 Å². The predicted octanol–water partition coefficient (Wildman–Crippen LogP) is 1.75. The molecule has 140 valence electrons. The van der Waals surface area contributed by atoms with E-state index in [9.17, 15) is 9.59 Å². The highest BCUT2D eigenvalue weighted by Gasteiger charge is 2.62. The van der Waals surface area contributed by atoms with E-state index < -0.39 is 17.0 Å². The first-order valence-electron chi connectivity index (χ1n) is 8.05. The third kappa shape index (κ3) is 4.23. The number of primary amides is 1. The van der Waals surface area contributed by atoms with Crippen molar-refractivity contribution in [2.24, 2.45) is 16.9 Å². The zero-order chi connectivity index (χ0) is 18.0. The van der Waals surface area contributed by atoms with Crippen LogP contribution in [0.2, 0.25) is 0 Å². The van der Waals surface area contributed by atoms with Gasteiger partial charge in [-0.1, -0.05) is 26.0 Å². The van der Waals surface area contributed by atoms with Crippen molar-refractivity contribution in [2.75, 3.05) is 11.9 Å². The summed E-state index contributed by atoms with van der Waals surface area (Å²) in [6.07, 6.45) is 0.513. The summed E-state index contributed by atoms with van der Waals surface area (Å²) in [4.78, 5) is 23.3. The zero-order valence-electron chi connectivity index (χ0n) is 14.8. The summed E-state index contributed by atoms with van der Waals surface area (Å²) in [5.74, 6) is -0.178. The minimum atomic E-state index is -0.930. The Morgan fingerprint density at radius 1 is 1.28 bits per heavy atom. The fraction of sp³-hybridized carbons (Fsp3) is 0.529. The van der Waals surface area contributed by atoms with Gasteiger partial charge in [0, 0.05) is 30.7 Å². The number of ether oxygens (including phenoxy) is 1. The molecule has 6 N–H and O–H groups in total. The molecule has 2 unspecified atom stereocenters. The lowest BCUT2D eigenvalue weighted by Crippen LogP contribution is -2.75. The lowest BCUT2D eigenvalue weighted by atomic mass is 9.54. The van der Waals surface area contributed by atoms with E-state index >= 15 is 0 Å². The minimum Gasteiger partial charge on any atom is -0.378 e. The topological polar surface area (TPSA) is 119 Å². The smallest absolute Gasteiger partial charge is 0.316 e.